The van der Waals surface area contributed by atoms with Gasteiger partial charge in [0.1, 0.15) is 0 Å². The monoisotopic (exact) mass is 196 g/mol. The minimum atomic E-state index is 0. The molecule has 0 amide bonds. The smallest absolute Gasteiger partial charge is 0.00201 e. The van der Waals surface area contributed by atoms with Gasteiger partial charge in [0.05, 0.1) is 0 Å². The zero-order chi connectivity index (χ0) is 9.38. The molecule has 2 aromatic rings. The number of hydrogen-bond donors (Lipinski definition) is 0. The van der Waals surface area contributed by atoms with Crippen molar-refractivity contribution in [2.45, 2.75) is 20.3 Å². The van der Waals surface area contributed by atoms with Gasteiger partial charge in [0.25, 0.3) is 0 Å². The van der Waals surface area contributed by atoms with E-state index in [9.17, 15) is 0 Å². The minimum Gasteiger partial charge on any atom is -0.0776 e. The first-order valence-electron chi connectivity index (χ1n) is 5.07. The number of fused-ring (bicyclic) bond motifs is 2. The van der Waals surface area contributed by atoms with Gasteiger partial charge in [-0.05, 0) is 35.1 Å². The lowest BCUT2D eigenvalue weighted by atomic mass is 9.86. The van der Waals surface area contributed by atoms with Crippen molar-refractivity contribution in [2.24, 2.45) is 0 Å². The molecule has 2 aromatic carbocycles. The highest BCUT2D eigenvalue weighted by Crippen LogP contribution is 2.26. The third-order valence-electron chi connectivity index (χ3n) is 3.00. The van der Waals surface area contributed by atoms with Gasteiger partial charge < -0.3 is 0 Å². The number of rotatable bonds is 0. The van der Waals surface area contributed by atoms with Gasteiger partial charge >= 0.3 is 0 Å². The van der Waals surface area contributed by atoms with Crippen LogP contribution < -0.4 is 0 Å². The molecule has 1 aliphatic rings. The van der Waals surface area contributed by atoms with Crippen molar-refractivity contribution in [3.05, 3.63) is 70.8 Å². The Morgan fingerprint density at radius 2 is 0.800 bits per heavy atom. The fraction of sp³-hybridized carbons (Fsp3) is 0.200. The molecular formula is C15H16. The van der Waals surface area contributed by atoms with Crippen LogP contribution in [0.2, 0.25) is 0 Å². The highest BCUT2D eigenvalue weighted by molar-refractivity contribution is 5.44. The Balaban J connectivity index is 0.000000853. The average molecular weight is 196 g/mol. The van der Waals surface area contributed by atoms with Crippen LogP contribution in [0.5, 0.6) is 0 Å². The molecule has 0 radical (unpaired) electrons. The first kappa shape index (κ1) is 9.97. The van der Waals surface area contributed by atoms with Crippen LogP contribution in [0.4, 0.5) is 0 Å². The molecular weight excluding hydrogens is 180 g/mol. The molecule has 0 unspecified atom stereocenters. The maximum Gasteiger partial charge on any atom is -0.00201 e. The Morgan fingerprint density at radius 3 is 1.07 bits per heavy atom. The van der Waals surface area contributed by atoms with Gasteiger partial charge in [0.2, 0.25) is 0 Å². The van der Waals surface area contributed by atoms with Crippen LogP contribution >= 0.6 is 0 Å². The van der Waals surface area contributed by atoms with Gasteiger partial charge in [-0.1, -0.05) is 56.0 Å². The summed E-state index contributed by atoms with van der Waals surface area (Å²) in [5.41, 5.74) is 5.97. The molecule has 0 heterocycles. The van der Waals surface area contributed by atoms with Crippen molar-refractivity contribution in [3.63, 3.8) is 0 Å². The van der Waals surface area contributed by atoms with E-state index in [2.05, 4.69) is 48.5 Å². The van der Waals surface area contributed by atoms with E-state index < -0.39 is 0 Å². The lowest BCUT2D eigenvalue weighted by Crippen LogP contribution is -2.06. The standard InChI is InChI=1S/C14H12.CH4/c1-2-6-12-10-14-8-4-3-7-13(14)9-11(12)5-1;/h1-8H,9-10H2;1H4. The highest BCUT2D eigenvalue weighted by atomic mass is 14.2. The molecule has 0 fully saturated rings. The average Bonchev–Trinajstić information content (AvgIpc) is 2.26. The molecule has 0 aliphatic heterocycles. The Hall–Kier alpha value is -1.56. The molecule has 15 heavy (non-hydrogen) atoms. The molecule has 0 aromatic heterocycles. The molecule has 76 valence electrons. The van der Waals surface area contributed by atoms with E-state index in [4.69, 9.17) is 0 Å². The molecule has 0 spiro atoms. The van der Waals surface area contributed by atoms with E-state index in [1.165, 1.54) is 22.3 Å². The van der Waals surface area contributed by atoms with Crippen molar-refractivity contribution < 1.29 is 0 Å². The summed E-state index contributed by atoms with van der Waals surface area (Å²) in [6, 6.07) is 17.5. The summed E-state index contributed by atoms with van der Waals surface area (Å²) in [6.45, 7) is 0. The van der Waals surface area contributed by atoms with Crippen molar-refractivity contribution in [1.29, 1.82) is 0 Å². The van der Waals surface area contributed by atoms with Crippen LogP contribution in [0.1, 0.15) is 29.7 Å². The van der Waals surface area contributed by atoms with Crippen molar-refractivity contribution >= 4 is 0 Å². The predicted molar refractivity (Wildman–Crippen MR) is 65.2 cm³/mol. The SMILES string of the molecule is C.c1ccc2c(c1)Cc1ccccc1C2. The summed E-state index contributed by atoms with van der Waals surface area (Å²) in [6.07, 6.45) is 2.21. The summed E-state index contributed by atoms with van der Waals surface area (Å²) in [7, 11) is 0. The van der Waals surface area contributed by atoms with Crippen LogP contribution in [-0.4, -0.2) is 0 Å². The van der Waals surface area contributed by atoms with E-state index >= 15 is 0 Å². The molecule has 0 saturated carbocycles. The lowest BCUT2D eigenvalue weighted by molar-refractivity contribution is 1.00. The first-order valence-corrected chi connectivity index (χ1v) is 5.07. The molecule has 3 rings (SSSR count). The van der Waals surface area contributed by atoms with Gasteiger partial charge in [-0.2, -0.15) is 0 Å². The first-order chi connectivity index (χ1) is 6.93. The van der Waals surface area contributed by atoms with Crippen LogP contribution in [0.3, 0.4) is 0 Å². The van der Waals surface area contributed by atoms with Gasteiger partial charge in [0, 0.05) is 0 Å². The van der Waals surface area contributed by atoms with E-state index in [1.54, 1.807) is 0 Å². The lowest BCUT2D eigenvalue weighted by Gasteiger charge is -2.18. The second kappa shape index (κ2) is 3.90. The zero-order valence-corrected chi connectivity index (χ0v) is 8.03. The molecule has 0 N–H and O–H groups in total. The van der Waals surface area contributed by atoms with Crippen molar-refractivity contribution in [3.8, 4) is 0 Å². The van der Waals surface area contributed by atoms with Gasteiger partial charge in [-0.15, -0.1) is 0 Å². The summed E-state index contributed by atoms with van der Waals surface area (Å²) < 4.78 is 0. The van der Waals surface area contributed by atoms with Gasteiger partial charge in [-0.25, -0.2) is 0 Å². The Labute approximate surface area is 91.6 Å². The second-order valence-electron chi connectivity index (χ2n) is 3.89. The fourth-order valence-corrected chi connectivity index (χ4v) is 2.22. The third-order valence-corrected chi connectivity index (χ3v) is 3.00. The number of benzene rings is 2. The largest absolute Gasteiger partial charge is 0.0776 e. The Kier molecular flexibility index (Phi) is 2.59. The summed E-state index contributed by atoms with van der Waals surface area (Å²) in [4.78, 5) is 0. The zero-order valence-electron chi connectivity index (χ0n) is 8.03. The molecule has 0 bridgehead atoms. The normalized spacial score (nSPS) is 12.3. The van der Waals surface area contributed by atoms with E-state index in [0.717, 1.165) is 12.8 Å². The summed E-state index contributed by atoms with van der Waals surface area (Å²) in [5.74, 6) is 0. The van der Waals surface area contributed by atoms with Crippen LogP contribution in [0, 0.1) is 0 Å². The van der Waals surface area contributed by atoms with E-state index in [0.29, 0.717) is 0 Å². The maximum atomic E-state index is 2.24. The van der Waals surface area contributed by atoms with Crippen molar-refractivity contribution in [1.82, 2.24) is 0 Å². The van der Waals surface area contributed by atoms with Crippen molar-refractivity contribution in [2.75, 3.05) is 0 Å². The molecule has 0 nitrogen and oxygen atoms in total. The quantitative estimate of drug-likeness (QED) is 0.513. The summed E-state index contributed by atoms with van der Waals surface area (Å²) >= 11 is 0. The third kappa shape index (κ3) is 1.68. The minimum absolute atomic E-state index is 0. The molecule has 0 heteroatoms. The van der Waals surface area contributed by atoms with Gasteiger partial charge in [0.15, 0.2) is 0 Å². The highest BCUT2D eigenvalue weighted by Gasteiger charge is 2.12. The topological polar surface area (TPSA) is 0 Å². The van der Waals surface area contributed by atoms with E-state index in [-0.39, 0.29) is 7.43 Å². The Morgan fingerprint density at radius 1 is 0.533 bits per heavy atom. The number of hydrogen-bond acceptors (Lipinski definition) is 0. The second-order valence-corrected chi connectivity index (χ2v) is 3.89. The van der Waals surface area contributed by atoms with Crippen LogP contribution in [0.15, 0.2) is 48.5 Å². The van der Waals surface area contributed by atoms with Crippen LogP contribution in [0.25, 0.3) is 0 Å². The van der Waals surface area contributed by atoms with Gasteiger partial charge in [-0.3, -0.25) is 0 Å². The maximum absolute atomic E-state index is 2.24. The molecule has 0 saturated heterocycles. The summed E-state index contributed by atoms with van der Waals surface area (Å²) in [5, 5.41) is 0. The predicted octanol–water partition coefficient (Wildman–Crippen LogP) is 3.82. The molecule has 1 aliphatic carbocycles. The van der Waals surface area contributed by atoms with E-state index in [1.807, 2.05) is 0 Å². The molecule has 0 atom stereocenters. The Bertz CT molecular complexity index is 381. The fourth-order valence-electron chi connectivity index (χ4n) is 2.22. The van der Waals surface area contributed by atoms with Crippen LogP contribution in [-0.2, 0) is 12.8 Å².